The van der Waals surface area contributed by atoms with E-state index in [1.54, 1.807) is 6.92 Å². The molecule has 1 aliphatic heterocycles. The summed E-state index contributed by atoms with van der Waals surface area (Å²) in [5.41, 5.74) is -0.383. The van der Waals surface area contributed by atoms with Crippen LogP contribution in [0.25, 0.3) is 0 Å². The molecule has 1 aromatic rings. The molecule has 0 spiro atoms. The number of nitrogens with zero attached hydrogens (tertiary/aromatic N) is 1. The number of non-ortho nitro benzene ring substituents is 1. The number of benzene rings is 1. The molecule has 2 atom stereocenters. The number of nitro benzene ring substituents is 1. The van der Waals surface area contributed by atoms with Crippen molar-refractivity contribution in [1.29, 1.82) is 0 Å². The first-order valence-electron chi connectivity index (χ1n) is 5.99. The van der Waals surface area contributed by atoms with Gasteiger partial charge in [-0.3, -0.25) is 14.3 Å². The quantitative estimate of drug-likeness (QED) is 0.452. The highest BCUT2D eigenvalue weighted by Crippen LogP contribution is 2.26. The van der Waals surface area contributed by atoms with E-state index in [-0.39, 0.29) is 22.1 Å². The second-order valence-electron chi connectivity index (χ2n) is 4.90. The lowest BCUT2D eigenvalue weighted by Crippen LogP contribution is -2.24. The van der Waals surface area contributed by atoms with E-state index < -0.39 is 36.9 Å². The van der Waals surface area contributed by atoms with Crippen LogP contribution in [0.2, 0.25) is 0 Å². The van der Waals surface area contributed by atoms with Gasteiger partial charge >= 0.3 is 0 Å². The Morgan fingerprint density at radius 1 is 1.33 bits per heavy atom. The fourth-order valence-electron chi connectivity index (χ4n) is 2.08. The number of nitro groups is 1. The van der Waals surface area contributed by atoms with Gasteiger partial charge < -0.3 is 0 Å². The molecule has 0 aromatic heterocycles. The molecule has 2 rings (SSSR count). The second kappa shape index (κ2) is 5.35. The van der Waals surface area contributed by atoms with Gasteiger partial charge in [0.1, 0.15) is 4.90 Å². The Hall–Kier alpha value is -1.52. The zero-order chi connectivity index (χ0) is 15.8. The average molecular weight is 335 g/mol. The maximum atomic E-state index is 12.1. The van der Waals surface area contributed by atoms with Crippen molar-refractivity contribution < 1.29 is 25.9 Å². The monoisotopic (exact) mass is 335 g/mol. The van der Waals surface area contributed by atoms with Crippen LogP contribution in [0.1, 0.15) is 6.92 Å². The molecule has 0 saturated carbocycles. The summed E-state index contributed by atoms with van der Waals surface area (Å²) in [6.07, 6.45) is -0.973. The maximum absolute atomic E-state index is 12.1. The third-order valence-corrected chi connectivity index (χ3v) is 6.34. The summed E-state index contributed by atoms with van der Waals surface area (Å²) in [7, 11) is -7.57. The molecule has 21 heavy (non-hydrogen) atoms. The van der Waals surface area contributed by atoms with Crippen molar-refractivity contribution in [3.05, 3.63) is 34.4 Å². The van der Waals surface area contributed by atoms with Gasteiger partial charge in [-0.15, -0.1) is 0 Å². The highest BCUT2D eigenvalue weighted by Gasteiger charge is 2.38. The van der Waals surface area contributed by atoms with Crippen molar-refractivity contribution in [3.63, 3.8) is 0 Å². The topological polar surface area (TPSA) is 121 Å². The zero-order valence-electron chi connectivity index (χ0n) is 11.0. The fraction of sp³-hybridized carbons (Fsp3) is 0.455. The predicted molar refractivity (Wildman–Crippen MR) is 73.0 cm³/mol. The van der Waals surface area contributed by atoms with E-state index in [1.807, 2.05) is 0 Å². The van der Waals surface area contributed by atoms with Crippen LogP contribution in [-0.2, 0) is 24.1 Å². The molecule has 1 heterocycles. The predicted octanol–water partition coefficient (Wildman–Crippen LogP) is 0.733. The van der Waals surface area contributed by atoms with Gasteiger partial charge in [-0.05, 0) is 12.0 Å². The highest BCUT2D eigenvalue weighted by atomic mass is 32.2. The Bertz CT molecular complexity index is 770. The Kier molecular flexibility index (Phi) is 4.04. The van der Waals surface area contributed by atoms with Gasteiger partial charge in [0.25, 0.3) is 15.8 Å². The number of sulfone groups is 1. The molecular weight excluding hydrogens is 322 g/mol. The lowest BCUT2D eigenvalue weighted by atomic mass is 10.1. The normalized spacial score (nSPS) is 24.8. The van der Waals surface area contributed by atoms with Crippen LogP contribution in [0.4, 0.5) is 5.69 Å². The van der Waals surface area contributed by atoms with E-state index in [1.165, 1.54) is 6.07 Å². The van der Waals surface area contributed by atoms with E-state index in [0.717, 1.165) is 18.2 Å². The first kappa shape index (κ1) is 15.9. The van der Waals surface area contributed by atoms with E-state index in [0.29, 0.717) is 0 Å². The van der Waals surface area contributed by atoms with Gasteiger partial charge in [0, 0.05) is 12.1 Å². The van der Waals surface area contributed by atoms with Crippen molar-refractivity contribution in [1.82, 2.24) is 0 Å². The fourth-order valence-corrected chi connectivity index (χ4v) is 5.42. The SMILES string of the molecule is C[C@@H]1CS(=O)(=O)C[C@H]1OS(=O)(=O)c1cccc([N+](=O)[O-])c1. The van der Waals surface area contributed by atoms with Crippen molar-refractivity contribution in [3.8, 4) is 0 Å². The lowest BCUT2D eigenvalue weighted by Gasteiger charge is -2.14. The van der Waals surface area contributed by atoms with Crippen LogP contribution in [0.15, 0.2) is 29.2 Å². The molecule has 116 valence electrons. The molecule has 0 amide bonds. The molecule has 10 heteroatoms. The molecule has 0 aliphatic carbocycles. The minimum absolute atomic E-state index is 0.137. The Labute approximate surface area is 121 Å². The molecule has 0 unspecified atom stereocenters. The van der Waals surface area contributed by atoms with Crippen LogP contribution in [0, 0.1) is 16.0 Å². The van der Waals surface area contributed by atoms with Crippen LogP contribution in [0.5, 0.6) is 0 Å². The summed E-state index contributed by atoms with van der Waals surface area (Å²) in [6, 6.07) is 4.42. The van der Waals surface area contributed by atoms with Gasteiger partial charge in [-0.25, -0.2) is 8.42 Å². The van der Waals surface area contributed by atoms with E-state index in [2.05, 4.69) is 0 Å². The van der Waals surface area contributed by atoms with Crippen LogP contribution in [-0.4, -0.2) is 39.4 Å². The number of hydrogen-bond acceptors (Lipinski definition) is 7. The summed E-state index contributed by atoms with van der Waals surface area (Å²) in [5.74, 6) is -0.965. The second-order valence-corrected chi connectivity index (χ2v) is 8.62. The molecule has 1 fully saturated rings. The number of hydrogen-bond donors (Lipinski definition) is 0. The standard InChI is InChI=1S/C11H13NO7S2/c1-8-6-20(15,16)7-11(8)19-21(17,18)10-4-2-3-9(5-10)12(13)14/h2-5,8,11H,6-7H2,1H3/t8-,11-/m1/s1. The number of rotatable bonds is 4. The average Bonchev–Trinajstić information content (AvgIpc) is 2.61. The molecule has 8 nitrogen and oxygen atoms in total. The van der Waals surface area contributed by atoms with E-state index in [4.69, 9.17) is 4.18 Å². The highest BCUT2D eigenvalue weighted by molar-refractivity contribution is 7.91. The third kappa shape index (κ3) is 3.57. The molecule has 1 aromatic carbocycles. The molecule has 1 saturated heterocycles. The van der Waals surface area contributed by atoms with Crippen molar-refractivity contribution in [2.24, 2.45) is 5.92 Å². The molecule has 0 bridgehead atoms. The van der Waals surface area contributed by atoms with Crippen molar-refractivity contribution in [2.75, 3.05) is 11.5 Å². The molecular formula is C11H13NO7S2. The van der Waals surface area contributed by atoms with E-state index in [9.17, 15) is 26.9 Å². The Morgan fingerprint density at radius 3 is 2.52 bits per heavy atom. The first-order chi connectivity index (χ1) is 9.61. The summed E-state index contributed by atoms with van der Waals surface area (Å²) in [6.45, 7) is 1.58. The maximum Gasteiger partial charge on any atom is 0.297 e. The third-order valence-electron chi connectivity index (χ3n) is 3.14. The zero-order valence-corrected chi connectivity index (χ0v) is 12.6. The van der Waals surface area contributed by atoms with E-state index >= 15 is 0 Å². The van der Waals surface area contributed by atoms with Gasteiger partial charge in [0.05, 0.1) is 22.5 Å². The van der Waals surface area contributed by atoms with Gasteiger partial charge in [0.15, 0.2) is 9.84 Å². The molecule has 1 aliphatic rings. The summed E-state index contributed by atoms with van der Waals surface area (Å²) in [5, 5.41) is 10.7. The summed E-state index contributed by atoms with van der Waals surface area (Å²) >= 11 is 0. The van der Waals surface area contributed by atoms with Gasteiger partial charge in [-0.2, -0.15) is 8.42 Å². The first-order valence-corrected chi connectivity index (χ1v) is 9.22. The van der Waals surface area contributed by atoms with Gasteiger partial charge in [0.2, 0.25) is 0 Å². The molecule has 0 radical (unpaired) electrons. The lowest BCUT2D eigenvalue weighted by molar-refractivity contribution is -0.385. The van der Waals surface area contributed by atoms with Crippen LogP contribution < -0.4 is 0 Å². The smallest absolute Gasteiger partial charge is 0.262 e. The summed E-state index contributed by atoms with van der Waals surface area (Å²) in [4.78, 5) is 9.56. The Morgan fingerprint density at radius 2 is 2.00 bits per heavy atom. The van der Waals surface area contributed by atoms with Crippen molar-refractivity contribution in [2.45, 2.75) is 17.9 Å². The minimum Gasteiger partial charge on any atom is -0.262 e. The van der Waals surface area contributed by atoms with Crippen LogP contribution in [0.3, 0.4) is 0 Å². The van der Waals surface area contributed by atoms with Crippen molar-refractivity contribution >= 4 is 25.6 Å². The molecule has 0 N–H and O–H groups in total. The van der Waals surface area contributed by atoms with Gasteiger partial charge in [-0.1, -0.05) is 13.0 Å². The Balaban J connectivity index is 2.27. The van der Waals surface area contributed by atoms with Crippen LogP contribution >= 0.6 is 0 Å². The summed E-state index contributed by atoms with van der Waals surface area (Å²) < 4.78 is 52.0. The minimum atomic E-state index is -4.25. The largest absolute Gasteiger partial charge is 0.297 e.